The highest BCUT2D eigenvalue weighted by Gasteiger charge is 2.30. The highest BCUT2D eigenvalue weighted by molar-refractivity contribution is 7.80. The predicted octanol–water partition coefficient (Wildman–Crippen LogP) is -1.25. The van der Waals surface area contributed by atoms with Crippen molar-refractivity contribution in [1.82, 2.24) is 16.0 Å². The first-order valence-electron chi connectivity index (χ1n) is 10.1. The van der Waals surface area contributed by atoms with E-state index in [0.717, 1.165) is 0 Å². The van der Waals surface area contributed by atoms with E-state index in [4.69, 9.17) is 11.5 Å². The highest BCUT2D eigenvalue weighted by Crippen LogP contribution is 2.08. The lowest BCUT2D eigenvalue weighted by atomic mass is 10.0. The van der Waals surface area contributed by atoms with E-state index in [9.17, 15) is 29.1 Å². The van der Waals surface area contributed by atoms with E-state index in [-0.39, 0.29) is 36.9 Å². The van der Waals surface area contributed by atoms with Gasteiger partial charge in [0.2, 0.25) is 23.6 Å². The molecule has 4 unspecified atom stereocenters. The quantitative estimate of drug-likeness (QED) is 0.157. The summed E-state index contributed by atoms with van der Waals surface area (Å²) in [4.78, 5) is 59.8. The average molecular weight is 462 g/mol. The van der Waals surface area contributed by atoms with Crippen molar-refractivity contribution in [2.24, 2.45) is 23.3 Å². The topological polar surface area (TPSA) is 194 Å². The Bertz CT molecular complexity index is 658. The Morgan fingerprint density at radius 2 is 1.35 bits per heavy atom. The molecule has 4 atom stereocenters. The molecule has 31 heavy (non-hydrogen) atoms. The first-order chi connectivity index (χ1) is 14.3. The van der Waals surface area contributed by atoms with Crippen molar-refractivity contribution in [3.05, 3.63) is 0 Å². The Kier molecular flexibility index (Phi) is 12.8. The number of thiol groups is 1. The van der Waals surface area contributed by atoms with Crippen LogP contribution in [0.4, 0.5) is 0 Å². The molecular formula is C19H35N5O6S. The van der Waals surface area contributed by atoms with Crippen molar-refractivity contribution in [3.8, 4) is 0 Å². The molecule has 11 nitrogen and oxygen atoms in total. The van der Waals surface area contributed by atoms with E-state index in [2.05, 4.69) is 28.6 Å². The van der Waals surface area contributed by atoms with Crippen LogP contribution < -0.4 is 27.4 Å². The number of carbonyl (C=O) groups is 5. The van der Waals surface area contributed by atoms with Crippen molar-refractivity contribution >= 4 is 42.2 Å². The molecule has 0 rings (SSSR count). The van der Waals surface area contributed by atoms with Gasteiger partial charge < -0.3 is 32.5 Å². The van der Waals surface area contributed by atoms with Crippen LogP contribution in [0.1, 0.15) is 47.0 Å². The summed E-state index contributed by atoms with van der Waals surface area (Å²) in [7, 11) is 0. The standard InChI is InChI=1S/C19H35N5O6S/c1-9(2)7-12(16(26)22-11(19(29)30)5-6-14(20)25)23-17(27)13(8-31)24-18(28)15(21)10(3)4/h9-13,15,31H,5-8,21H2,1-4H3,(H2,20,25)(H,22,26)(H,23,27)(H,24,28)(H,29,30). The lowest BCUT2D eigenvalue weighted by molar-refractivity contribution is -0.142. The lowest BCUT2D eigenvalue weighted by Gasteiger charge is -2.26. The Morgan fingerprint density at radius 3 is 1.77 bits per heavy atom. The Balaban J connectivity index is 5.29. The zero-order chi connectivity index (χ0) is 24.3. The first-order valence-corrected chi connectivity index (χ1v) is 10.7. The normalized spacial score (nSPS) is 15.0. The summed E-state index contributed by atoms with van der Waals surface area (Å²) in [6, 6.07) is -4.24. The largest absolute Gasteiger partial charge is 0.480 e. The molecule has 0 bridgehead atoms. The second-order valence-electron chi connectivity index (χ2n) is 8.11. The van der Waals surface area contributed by atoms with Gasteiger partial charge in [-0.1, -0.05) is 27.7 Å². The van der Waals surface area contributed by atoms with Gasteiger partial charge in [-0.25, -0.2) is 4.79 Å². The van der Waals surface area contributed by atoms with Gasteiger partial charge in [-0.05, 0) is 24.7 Å². The molecule has 0 aliphatic carbocycles. The number of carboxylic acid groups (broad SMARTS) is 1. The van der Waals surface area contributed by atoms with Gasteiger partial charge in [0.25, 0.3) is 0 Å². The molecule has 0 saturated heterocycles. The third kappa shape index (κ3) is 11.0. The van der Waals surface area contributed by atoms with Crippen LogP contribution in [0.3, 0.4) is 0 Å². The van der Waals surface area contributed by atoms with Gasteiger partial charge in [-0.3, -0.25) is 19.2 Å². The van der Waals surface area contributed by atoms with Crippen LogP contribution in [0.5, 0.6) is 0 Å². The minimum atomic E-state index is -1.34. The number of rotatable bonds is 14. The van der Waals surface area contributed by atoms with Crippen LogP contribution in [0.25, 0.3) is 0 Å². The van der Waals surface area contributed by atoms with E-state index in [1.807, 2.05) is 13.8 Å². The summed E-state index contributed by atoms with van der Waals surface area (Å²) in [5, 5.41) is 16.7. The van der Waals surface area contributed by atoms with Crippen LogP contribution in [-0.4, -0.2) is 64.6 Å². The number of carboxylic acids is 1. The molecular weight excluding hydrogens is 426 g/mol. The van der Waals surface area contributed by atoms with Gasteiger partial charge in [0, 0.05) is 12.2 Å². The Morgan fingerprint density at radius 1 is 0.871 bits per heavy atom. The van der Waals surface area contributed by atoms with Gasteiger partial charge >= 0.3 is 5.97 Å². The zero-order valence-corrected chi connectivity index (χ0v) is 19.3. The van der Waals surface area contributed by atoms with Crippen LogP contribution in [0.2, 0.25) is 0 Å². The maximum absolute atomic E-state index is 12.7. The third-order valence-electron chi connectivity index (χ3n) is 4.47. The molecule has 0 heterocycles. The molecule has 12 heteroatoms. The van der Waals surface area contributed by atoms with Crippen molar-refractivity contribution in [2.75, 3.05) is 5.75 Å². The SMILES string of the molecule is CC(C)CC(NC(=O)C(CS)NC(=O)C(N)C(C)C)C(=O)NC(CCC(N)=O)C(=O)O. The van der Waals surface area contributed by atoms with E-state index in [0.29, 0.717) is 0 Å². The predicted molar refractivity (Wildman–Crippen MR) is 118 cm³/mol. The number of hydrogen-bond donors (Lipinski definition) is 7. The highest BCUT2D eigenvalue weighted by atomic mass is 32.1. The van der Waals surface area contributed by atoms with Crippen LogP contribution in [-0.2, 0) is 24.0 Å². The average Bonchev–Trinajstić information content (AvgIpc) is 2.66. The molecule has 178 valence electrons. The molecule has 0 radical (unpaired) electrons. The van der Waals surface area contributed by atoms with Crippen molar-refractivity contribution in [2.45, 2.75) is 71.1 Å². The van der Waals surface area contributed by atoms with Gasteiger partial charge in [0.05, 0.1) is 6.04 Å². The molecule has 0 saturated carbocycles. The number of nitrogens with two attached hydrogens (primary N) is 2. The minimum Gasteiger partial charge on any atom is -0.480 e. The summed E-state index contributed by atoms with van der Waals surface area (Å²) >= 11 is 4.08. The van der Waals surface area contributed by atoms with Gasteiger partial charge in [0.1, 0.15) is 18.1 Å². The van der Waals surface area contributed by atoms with Crippen molar-refractivity contribution in [3.63, 3.8) is 0 Å². The fraction of sp³-hybridized carbons (Fsp3) is 0.737. The molecule has 0 spiro atoms. The summed E-state index contributed by atoms with van der Waals surface area (Å²) in [5.74, 6) is -4.10. The second kappa shape index (κ2) is 13.9. The van der Waals surface area contributed by atoms with E-state index < -0.39 is 53.8 Å². The van der Waals surface area contributed by atoms with Gasteiger partial charge in [-0.2, -0.15) is 12.6 Å². The fourth-order valence-electron chi connectivity index (χ4n) is 2.56. The van der Waals surface area contributed by atoms with Crippen molar-refractivity contribution in [1.29, 1.82) is 0 Å². The summed E-state index contributed by atoms with van der Waals surface area (Å²) in [6.45, 7) is 7.18. The van der Waals surface area contributed by atoms with Crippen molar-refractivity contribution < 1.29 is 29.1 Å². The van der Waals surface area contributed by atoms with Crippen LogP contribution in [0.15, 0.2) is 0 Å². The molecule has 0 aromatic carbocycles. The number of carbonyl (C=O) groups excluding carboxylic acids is 4. The summed E-state index contributed by atoms with van der Waals surface area (Å²) in [5.41, 5.74) is 10.8. The van der Waals surface area contributed by atoms with E-state index in [1.165, 1.54) is 0 Å². The molecule has 8 N–H and O–H groups in total. The summed E-state index contributed by atoms with van der Waals surface area (Å²) in [6.07, 6.45) is -0.179. The molecule has 0 aliphatic heterocycles. The fourth-order valence-corrected chi connectivity index (χ4v) is 2.81. The minimum absolute atomic E-state index is 0.0108. The second-order valence-corrected chi connectivity index (χ2v) is 8.47. The molecule has 0 aromatic heterocycles. The lowest BCUT2D eigenvalue weighted by Crippen LogP contribution is -2.58. The molecule has 0 aliphatic rings. The first kappa shape index (κ1) is 28.7. The number of nitrogens with one attached hydrogen (secondary N) is 3. The monoisotopic (exact) mass is 461 g/mol. The number of aliphatic carboxylic acids is 1. The Labute approximate surface area is 187 Å². The molecule has 0 fully saturated rings. The van der Waals surface area contributed by atoms with E-state index in [1.54, 1.807) is 13.8 Å². The number of primary amides is 1. The van der Waals surface area contributed by atoms with Crippen LogP contribution in [0, 0.1) is 11.8 Å². The number of amides is 4. The molecule has 0 aromatic rings. The number of hydrogen-bond acceptors (Lipinski definition) is 7. The van der Waals surface area contributed by atoms with Gasteiger partial charge in [0.15, 0.2) is 0 Å². The maximum Gasteiger partial charge on any atom is 0.326 e. The smallest absolute Gasteiger partial charge is 0.326 e. The Hall–Kier alpha value is -2.34. The maximum atomic E-state index is 12.7. The van der Waals surface area contributed by atoms with E-state index >= 15 is 0 Å². The van der Waals surface area contributed by atoms with Crippen LogP contribution >= 0.6 is 12.6 Å². The zero-order valence-electron chi connectivity index (χ0n) is 18.4. The molecule has 4 amide bonds. The van der Waals surface area contributed by atoms with Gasteiger partial charge in [-0.15, -0.1) is 0 Å². The third-order valence-corrected chi connectivity index (χ3v) is 4.84. The summed E-state index contributed by atoms with van der Waals surface area (Å²) < 4.78 is 0.